The van der Waals surface area contributed by atoms with Gasteiger partial charge in [0, 0.05) is 12.6 Å². The van der Waals surface area contributed by atoms with E-state index in [1.54, 1.807) is 24.8 Å². The SMILES string of the molecule is Cc1ccc(C)c(C(=O)N2CC(C)CC2C)c1C(=O)O. The van der Waals surface area contributed by atoms with Gasteiger partial charge in [-0.15, -0.1) is 0 Å². The molecule has 2 atom stereocenters. The number of aryl methyl sites for hydroxylation is 2. The molecule has 1 saturated heterocycles. The van der Waals surface area contributed by atoms with Crippen LogP contribution in [0.3, 0.4) is 0 Å². The number of hydrogen-bond acceptors (Lipinski definition) is 2. The van der Waals surface area contributed by atoms with Crippen LogP contribution in [0.1, 0.15) is 52.1 Å². The molecular weight excluding hydrogens is 254 g/mol. The number of carbonyl (C=O) groups excluding carboxylic acids is 1. The van der Waals surface area contributed by atoms with Gasteiger partial charge in [-0.1, -0.05) is 19.1 Å². The van der Waals surface area contributed by atoms with Crippen molar-refractivity contribution in [3.05, 3.63) is 34.4 Å². The number of aromatic carboxylic acids is 1. The molecule has 4 heteroatoms. The molecule has 0 radical (unpaired) electrons. The number of carbonyl (C=O) groups is 2. The van der Waals surface area contributed by atoms with Crippen LogP contribution in [0.4, 0.5) is 0 Å². The van der Waals surface area contributed by atoms with Crippen molar-refractivity contribution in [1.29, 1.82) is 0 Å². The second-order valence-electron chi connectivity index (χ2n) is 5.90. The van der Waals surface area contributed by atoms with Gasteiger partial charge in [-0.05, 0) is 44.2 Å². The molecular formula is C16H21NO3. The molecule has 1 heterocycles. The fraction of sp³-hybridized carbons (Fsp3) is 0.500. The van der Waals surface area contributed by atoms with E-state index >= 15 is 0 Å². The maximum atomic E-state index is 12.8. The van der Waals surface area contributed by atoms with Crippen molar-refractivity contribution in [1.82, 2.24) is 4.90 Å². The third kappa shape index (κ3) is 2.42. The van der Waals surface area contributed by atoms with E-state index in [1.807, 2.05) is 13.0 Å². The number of hydrogen-bond donors (Lipinski definition) is 1. The van der Waals surface area contributed by atoms with Crippen LogP contribution in [0, 0.1) is 19.8 Å². The van der Waals surface area contributed by atoms with Crippen molar-refractivity contribution < 1.29 is 14.7 Å². The molecule has 1 N–H and O–H groups in total. The van der Waals surface area contributed by atoms with Crippen LogP contribution in [0.2, 0.25) is 0 Å². The highest BCUT2D eigenvalue weighted by Gasteiger charge is 2.33. The fourth-order valence-electron chi connectivity index (χ4n) is 3.09. The van der Waals surface area contributed by atoms with Crippen molar-refractivity contribution in [2.24, 2.45) is 5.92 Å². The van der Waals surface area contributed by atoms with Crippen LogP contribution in [0.25, 0.3) is 0 Å². The highest BCUT2D eigenvalue weighted by atomic mass is 16.4. The predicted molar refractivity (Wildman–Crippen MR) is 77.2 cm³/mol. The van der Waals surface area contributed by atoms with Crippen LogP contribution in [-0.2, 0) is 0 Å². The minimum atomic E-state index is -1.03. The first-order valence-electron chi connectivity index (χ1n) is 6.97. The lowest BCUT2D eigenvalue weighted by Crippen LogP contribution is -2.35. The quantitative estimate of drug-likeness (QED) is 0.903. The number of carboxylic acids is 1. The van der Waals surface area contributed by atoms with Crippen molar-refractivity contribution >= 4 is 11.9 Å². The minimum Gasteiger partial charge on any atom is -0.478 e. The van der Waals surface area contributed by atoms with Crippen LogP contribution in [-0.4, -0.2) is 34.5 Å². The second kappa shape index (κ2) is 5.27. The Labute approximate surface area is 119 Å². The highest BCUT2D eigenvalue weighted by Crippen LogP contribution is 2.27. The summed E-state index contributed by atoms with van der Waals surface area (Å²) in [6.07, 6.45) is 0.971. The van der Waals surface area contributed by atoms with Crippen molar-refractivity contribution in [2.45, 2.75) is 40.2 Å². The van der Waals surface area contributed by atoms with E-state index in [0.29, 0.717) is 23.6 Å². The average Bonchev–Trinajstić information content (AvgIpc) is 2.69. The van der Waals surface area contributed by atoms with Gasteiger partial charge in [-0.3, -0.25) is 4.79 Å². The Kier molecular flexibility index (Phi) is 3.84. The summed E-state index contributed by atoms with van der Waals surface area (Å²) in [6, 6.07) is 3.74. The molecule has 1 aromatic carbocycles. The fourth-order valence-corrected chi connectivity index (χ4v) is 3.09. The molecule has 108 valence electrons. The van der Waals surface area contributed by atoms with E-state index in [-0.39, 0.29) is 17.5 Å². The number of rotatable bonds is 2. The smallest absolute Gasteiger partial charge is 0.336 e. The van der Waals surface area contributed by atoms with Gasteiger partial charge >= 0.3 is 5.97 Å². The Morgan fingerprint density at radius 2 is 1.70 bits per heavy atom. The number of benzene rings is 1. The topological polar surface area (TPSA) is 57.6 Å². The lowest BCUT2D eigenvalue weighted by molar-refractivity contribution is 0.0670. The number of likely N-dealkylation sites (tertiary alicyclic amines) is 1. The lowest BCUT2D eigenvalue weighted by Gasteiger charge is -2.24. The minimum absolute atomic E-state index is 0.141. The summed E-state index contributed by atoms with van der Waals surface area (Å²) in [5, 5.41) is 9.41. The van der Waals surface area contributed by atoms with Crippen LogP contribution >= 0.6 is 0 Å². The average molecular weight is 275 g/mol. The summed E-state index contributed by atoms with van der Waals surface area (Å²) < 4.78 is 0. The molecule has 0 bridgehead atoms. The van der Waals surface area contributed by atoms with Crippen LogP contribution in [0.15, 0.2) is 12.1 Å². The zero-order valence-electron chi connectivity index (χ0n) is 12.4. The van der Waals surface area contributed by atoms with Crippen molar-refractivity contribution in [3.63, 3.8) is 0 Å². The van der Waals surface area contributed by atoms with Gasteiger partial charge in [0.15, 0.2) is 0 Å². The Bertz CT molecular complexity index is 565. The van der Waals surface area contributed by atoms with E-state index < -0.39 is 5.97 Å². The second-order valence-corrected chi connectivity index (χ2v) is 5.90. The van der Waals surface area contributed by atoms with Gasteiger partial charge in [0.05, 0.1) is 11.1 Å². The standard InChI is InChI=1S/C16H21NO3/c1-9-7-12(4)17(8-9)15(18)13-10(2)5-6-11(3)14(13)16(19)20/h5-6,9,12H,7-8H2,1-4H3,(H,19,20). The van der Waals surface area contributed by atoms with E-state index in [1.165, 1.54) is 0 Å². The summed E-state index contributed by atoms with van der Waals surface area (Å²) in [6.45, 7) is 8.36. The summed E-state index contributed by atoms with van der Waals surface area (Å²) in [5.41, 5.74) is 1.84. The van der Waals surface area contributed by atoms with Gasteiger partial charge in [0.25, 0.3) is 5.91 Å². The summed E-state index contributed by atoms with van der Waals surface area (Å²) in [5.74, 6) is -0.720. The molecule has 2 unspecified atom stereocenters. The molecule has 0 aliphatic carbocycles. The zero-order valence-corrected chi connectivity index (χ0v) is 12.4. The van der Waals surface area contributed by atoms with Crippen LogP contribution < -0.4 is 0 Å². The van der Waals surface area contributed by atoms with Crippen molar-refractivity contribution in [3.8, 4) is 0 Å². The van der Waals surface area contributed by atoms with E-state index in [9.17, 15) is 14.7 Å². The molecule has 1 fully saturated rings. The van der Waals surface area contributed by atoms with E-state index in [4.69, 9.17) is 0 Å². The molecule has 1 aliphatic heterocycles. The van der Waals surface area contributed by atoms with Crippen LogP contribution in [0.5, 0.6) is 0 Å². The first-order chi connectivity index (χ1) is 9.32. The third-order valence-corrected chi connectivity index (χ3v) is 4.09. The van der Waals surface area contributed by atoms with Gasteiger partial charge in [0.2, 0.25) is 0 Å². The Morgan fingerprint density at radius 3 is 2.15 bits per heavy atom. The van der Waals surface area contributed by atoms with Gasteiger partial charge in [0.1, 0.15) is 0 Å². The Hall–Kier alpha value is -1.84. The number of carboxylic acid groups (broad SMARTS) is 1. The number of amides is 1. The van der Waals surface area contributed by atoms with E-state index in [2.05, 4.69) is 6.92 Å². The third-order valence-electron chi connectivity index (χ3n) is 4.09. The summed E-state index contributed by atoms with van der Waals surface area (Å²) in [7, 11) is 0. The molecule has 2 rings (SSSR count). The van der Waals surface area contributed by atoms with E-state index in [0.717, 1.165) is 12.0 Å². The first kappa shape index (κ1) is 14.6. The summed E-state index contributed by atoms with van der Waals surface area (Å²) >= 11 is 0. The summed E-state index contributed by atoms with van der Waals surface area (Å²) in [4.78, 5) is 26.1. The molecule has 0 aromatic heterocycles. The Balaban J connectivity index is 2.49. The molecule has 1 aliphatic rings. The largest absolute Gasteiger partial charge is 0.478 e. The Morgan fingerprint density at radius 1 is 1.15 bits per heavy atom. The molecule has 1 aromatic rings. The molecule has 1 amide bonds. The van der Waals surface area contributed by atoms with Gasteiger partial charge in [-0.25, -0.2) is 4.79 Å². The van der Waals surface area contributed by atoms with Gasteiger partial charge < -0.3 is 10.0 Å². The zero-order chi connectivity index (χ0) is 15.0. The molecule has 0 saturated carbocycles. The maximum Gasteiger partial charge on any atom is 0.336 e. The maximum absolute atomic E-state index is 12.8. The molecule has 4 nitrogen and oxygen atoms in total. The van der Waals surface area contributed by atoms with Crippen molar-refractivity contribution in [2.75, 3.05) is 6.54 Å². The molecule has 0 spiro atoms. The highest BCUT2D eigenvalue weighted by molar-refractivity contribution is 6.06. The molecule has 20 heavy (non-hydrogen) atoms. The van der Waals surface area contributed by atoms with Gasteiger partial charge in [-0.2, -0.15) is 0 Å². The lowest BCUT2D eigenvalue weighted by atomic mass is 9.96. The number of nitrogens with zero attached hydrogens (tertiary/aromatic N) is 1. The normalized spacial score (nSPS) is 22.1. The monoisotopic (exact) mass is 275 g/mol. The first-order valence-corrected chi connectivity index (χ1v) is 6.97. The predicted octanol–water partition coefficient (Wildman–Crippen LogP) is 2.87.